The second-order valence-electron chi connectivity index (χ2n) is 5.70. The van der Waals surface area contributed by atoms with Crippen molar-refractivity contribution in [3.05, 3.63) is 30.1 Å². The lowest BCUT2D eigenvalue weighted by Gasteiger charge is -2.18. The monoisotopic (exact) mass is 273 g/mol. The highest BCUT2D eigenvalue weighted by Gasteiger charge is 2.25. The standard InChI is InChI=1S/C16H23N3O/c1-2-5-16-18-14-6-3-4-7-15(14)19(16)10-13(11-20)17-12-8-9-12/h3-4,6-7,12-13,17,20H,2,5,8-11H2,1H3. The Morgan fingerprint density at radius 1 is 1.40 bits per heavy atom. The second-order valence-corrected chi connectivity index (χ2v) is 5.70. The fraction of sp³-hybridized carbons (Fsp3) is 0.562. The van der Waals surface area contributed by atoms with Gasteiger partial charge in [0.2, 0.25) is 0 Å². The second kappa shape index (κ2) is 5.94. The van der Waals surface area contributed by atoms with Gasteiger partial charge in [-0.25, -0.2) is 4.98 Å². The van der Waals surface area contributed by atoms with Gasteiger partial charge < -0.3 is 15.0 Å². The average Bonchev–Trinajstić information content (AvgIpc) is 3.22. The molecule has 1 aliphatic rings. The number of nitrogens with one attached hydrogen (secondary N) is 1. The van der Waals surface area contributed by atoms with Crippen LogP contribution in [0.4, 0.5) is 0 Å². The molecule has 1 aromatic heterocycles. The highest BCUT2D eigenvalue weighted by atomic mass is 16.3. The number of fused-ring (bicyclic) bond motifs is 1. The summed E-state index contributed by atoms with van der Waals surface area (Å²) in [6.45, 7) is 3.15. The summed E-state index contributed by atoms with van der Waals surface area (Å²) in [4.78, 5) is 4.74. The summed E-state index contributed by atoms with van der Waals surface area (Å²) in [5, 5.41) is 13.1. The summed E-state index contributed by atoms with van der Waals surface area (Å²) in [7, 11) is 0. The van der Waals surface area contributed by atoms with Crippen LogP contribution in [0.25, 0.3) is 11.0 Å². The molecular formula is C16H23N3O. The number of aliphatic hydroxyl groups excluding tert-OH is 1. The van der Waals surface area contributed by atoms with Crippen molar-refractivity contribution in [2.75, 3.05) is 6.61 Å². The van der Waals surface area contributed by atoms with Crippen LogP contribution in [-0.2, 0) is 13.0 Å². The van der Waals surface area contributed by atoms with Gasteiger partial charge in [0.25, 0.3) is 0 Å². The van der Waals surface area contributed by atoms with Gasteiger partial charge in [0, 0.05) is 25.0 Å². The topological polar surface area (TPSA) is 50.1 Å². The summed E-state index contributed by atoms with van der Waals surface area (Å²) >= 11 is 0. The maximum absolute atomic E-state index is 9.60. The van der Waals surface area contributed by atoms with E-state index in [1.165, 1.54) is 18.4 Å². The number of benzene rings is 1. The van der Waals surface area contributed by atoms with Crippen molar-refractivity contribution in [1.82, 2.24) is 14.9 Å². The van der Waals surface area contributed by atoms with Crippen LogP contribution in [-0.4, -0.2) is 33.3 Å². The number of imidazole rings is 1. The molecule has 1 heterocycles. The molecule has 2 N–H and O–H groups in total. The highest BCUT2D eigenvalue weighted by molar-refractivity contribution is 5.75. The van der Waals surface area contributed by atoms with Crippen LogP contribution in [0.5, 0.6) is 0 Å². The van der Waals surface area contributed by atoms with Crippen molar-refractivity contribution >= 4 is 11.0 Å². The van der Waals surface area contributed by atoms with E-state index in [4.69, 9.17) is 4.98 Å². The van der Waals surface area contributed by atoms with Gasteiger partial charge in [-0.3, -0.25) is 0 Å². The lowest BCUT2D eigenvalue weighted by molar-refractivity contribution is 0.227. The largest absolute Gasteiger partial charge is 0.395 e. The Balaban J connectivity index is 1.88. The Labute approximate surface area is 119 Å². The van der Waals surface area contributed by atoms with Crippen molar-refractivity contribution in [2.24, 2.45) is 0 Å². The Bertz CT molecular complexity index is 574. The highest BCUT2D eigenvalue weighted by Crippen LogP contribution is 2.21. The Morgan fingerprint density at radius 2 is 2.20 bits per heavy atom. The Morgan fingerprint density at radius 3 is 2.90 bits per heavy atom. The van der Waals surface area contributed by atoms with Gasteiger partial charge in [0.1, 0.15) is 5.82 Å². The van der Waals surface area contributed by atoms with Gasteiger partial charge in [-0.15, -0.1) is 0 Å². The molecule has 1 fully saturated rings. The molecule has 0 radical (unpaired) electrons. The Hall–Kier alpha value is -1.39. The van der Waals surface area contributed by atoms with Crippen molar-refractivity contribution in [2.45, 2.75) is 51.2 Å². The zero-order valence-corrected chi connectivity index (χ0v) is 12.0. The molecule has 1 atom stereocenters. The number of aliphatic hydroxyl groups is 1. The van der Waals surface area contributed by atoms with E-state index in [1.54, 1.807) is 0 Å². The normalized spacial score (nSPS) is 16.7. The number of rotatable bonds is 7. The Kier molecular flexibility index (Phi) is 4.03. The number of aryl methyl sites for hydroxylation is 1. The van der Waals surface area contributed by atoms with Gasteiger partial charge in [-0.05, 0) is 31.4 Å². The first-order valence-electron chi connectivity index (χ1n) is 7.63. The average molecular weight is 273 g/mol. The lowest BCUT2D eigenvalue weighted by atomic mass is 10.2. The zero-order valence-electron chi connectivity index (χ0n) is 12.0. The van der Waals surface area contributed by atoms with Crippen LogP contribution >= 0.6 is 0 Å². The number of nitrogens with zero attached hydrogens (tertiary/aromatic N) is 2. The molecule has 4 nitrogen and oxygen atoms in total. The van der Waals surface area contributed by atoms with Gasteiger partial charge >= 0.3 is 0 Å². The number of hydrogen-bond acceptors (Lipinski definition) is 3. The molecule has 0 bridgehead atoms. The third-order valence-electron chi connectivity index (χ3n) is 3.88. The van der Waals surface area contributed by atoms with Gasteiger partial charge in [-0.1, -0.05) is 19.1 Å². The van der Waals surface area contributed by atoms with Gasteiger partial charge in [0.15, 0.2) is 0 Å². The molecule has 3 rings (SSSR count). The van der Waals surface area contributed by atoms with Crippen LogP contribution in [0, 0.1) is 0 Å². The molecular weight excluding hydrogens is 250 g/mol. The van der Waals surface area contributed by atoms with E-state index in [-0.39, 0.29) is 12.6 Å². The molecule has 0 spiro atoms. The van der Waals surface area contributed by atoms with Gasteiger partial charge in [-0.2, -0.15) is 0 Å². The predicted molar refractivity (Wildman–Crippen MR) is 80.8 cm³/mol. The third kappa shape index (κ3) is 2.86. The smallest absolute Gasteiger partial charge is 0.109 e. The maximum atomic E-state index is 9.60. The minimum Gasteiger partial charge on any atom is -0.395 e. The molecule has 4 heteroatoms. The van der Waals surface area contributed by atoms with Gasteiger partial charge in [0.05, 0.1) is 17.6 Å². The number of aromatic nitrogens is 2. The van der Waals surface area contributed by atoms with E-state index in [1.807, 2.05) is 6.07 Å². The first-order chi connectivity index (χ1) is 9.81. The molecule has 1 unspecified atom stereocenters. The summed E-state index contributed by atoms with van der Waals surface area (Å²) in [5.74, 6) is 1.13. The van der Waals surface area contributed by atoms with E-state index < -0.39 is 0 Å². The lowest BCUT2D eigenvalue weighted by Crippen LogP contribution is -2.38. The summed E-state index contributed by atoms with van der Waals surface area (Å²) < 4.78 is 2.27. The van der Waals surface area contributed by atoms with E-state index in [9.17, 15) is 5.11 Å². The first-order valence-corrected chi connectivity index (χ1v) is 7.63. The van der Waals surface area contributed by atoms with Crippen LogP contribution < -0.4 is 5.32 Å². The minimum atomic E-state index is 0.121. The fourth-order valence-corrected chi connectivity index (χ4v) is 2.71. The van der Waals surface area contributed by atoms with E-state index in [2.05, 4.69) is 35.0 Å². The molecule has 1 aromatic carbocycles. The molecule has 1 saturated carbocycles. The summed E-state index contributed by atoms with van der Waals surface area (Å²) in [6, 6.07) is 8.99. The molecule has 0 aliphatic heterocycles. The van der Waals surface area contributed by atoms with Crippen LogP contribution in [0.1, 0.15) is 32.0 Å². The molecule has 20 heavy (non-hydrogen) atoms. The number of hydrogen-bond donors (Lipinski definition) is 2. The predicted octanol–water partition coefficient (Wildman–Crippen LogP) is 2.10. The zero-order chi connectivity index (χ0) is 13.9. The molecule has 0 amide bonds. The quantitative estimate of drug-likeness (QED) is 0.812. The summed E-state index contributed by atoms with van der Waals surface area (Å²) in [5.41, 5.74) is 2.23. The van der Waals surface area contributed by atoms with Crippen molar-refractivity contribution in [3.8, 4) is 0 Å². The molecule has 2 aromatic rings. The maximum Gasteiger partial charge on any atom is 0.109 e. The third-order valence-corrected chi connectivity index (χ3v) is 3.88. The van der Waals surface area contributed by atoms with Crippen molar-refractivity contribution < 1.29 is 5.11 Å². The first kappa shape index (κ1) is 13.6. The van der Waals surface area contributed by atoms with Crippen molar-refractivity contribution in [1.29, 1.82) is 0 Å². The molecule has 0 saturated heterocycles. The van der Waals surface area contributed by atoms with Crippen molar-refractivity contribution in [3.63, 3.8) is 0 Å². The van der Waals surface area contributed by atoms with E-state index >= 15 is 0 Å². The SMILES string of the molecule is CCCc1nc2ccccc2n1CC(CO)NC1CC1. The fourth-order valence-electron chi connectivity index (χ4n) is 2.71. The van der Waals surface area contributed by atoms with E-state index in [0.717, 1.165) is 30.7 Å². The van der Waals surface area contributed by atoms with Crippen LogP contribution in [0.2, 0.25) is 0 Å². The molecule has 108 valence electrons. The minimum absolute atomic E-state index is 0.121. The number of para-hydroxylation sites is 2. The van der Waals surface area contributed by atoms with Crippen LogP contribution in [0.15, 0.2) is 24.3 Å². The van der Waals surface area contributed by atoms with E-state index in [0.29, 0.717) is 6.04 Å². The van der Waals surface area contributed by atoms with Crippen LogP contribution in [0.3, 0.4) is 0 Å². The summed E-state index contributed by atoms with van der Waals surface area (Å²) in [6.07, 6.45) is 4.55. The molecule has 1 aliphatic carbocycles.